The molecule has 0 aromatic rings. The van der Waals surface area contributed by atoms with Crippen LogP contribution in [0.3, 0.4) is 0 Å². The predicted molar refractivity (Wildman–Crippen MR) is 89.4 cm³/mol. The quantitative estimate of drug-likeness (QED) is 0.620. The first kappa shape index (κ1) is 15.8. The van der Waals surface area contributed by atoms with Gasteiger partial charge in [0.05, 0.1) is 11.7 Å². The number of hydrogen-bond donors (Lipinski definition) is 0. The van der Waals surface area contributed by atoms with E-state index < -0.39 is 0 Å². The van der Waals surface area contributed by atoms with Crippen LogP contribution in [-0.4, -0.2) is 11.7 Å². The van der Waals surface area contributed by atoms with Crippen molar-refractivity contribution in [2.24, 2.45) is 21.7 Å². The molecule has 1 spiro atoms. The van der Waals surface area contributed by atoms with E-state index in [-0.39, 0.29) is 5.60 Å². The first-order valence-electron chi connectivity index (χ1n) is 9.22. The molecular weight excluding hydrogens is 256 g/mol. The minimum Gasteiger partial charge on any atom is -0.371 e. The molecule has 0 bridgehead atoms. The van der Waals surface area contributed by atoms with E-state index in [4.69, 9.17) is 4.74 Å². The highest BCUT2D eigenvalue weighted by molar-refractivity contribution is 5.37. The van der Waals surface area contributed by atoms with E-state index in [2.05, 4.69) is 48.5 Å². The topological polar surface area (TPSA) is 9.23 Å². The zero-order valence-corrected chi connectivity index (χ0v) is 15.4. The van der Waals surface area contributed by atoms with Crippen LogP contribution in [0.4, 0.5) is 0 Å². The molecule has 0 saturated heterocycles. The molecule has 3 fully saturated rings. The van der Waals surface area contributed by atoms with E-state index in [9.17, 15) is 0 Å². The maximum Gasteiger partial charge on any atom is 0.0684 e. The molecule has 3 saturated carbocycles. The SMILES string of the molecule is CCC1(OC2CC23C(C)(C)C3(C)CC(C)(C)C)CCCC1. The van der Waals surface area contributed by atoms with Gasteiger partial charge in [0.25, 0.3) is 0 Å². The normalized spacial score (nSPS) is 43.3. The lowest BCUT2D eigenvalue weighted by molar-refractivity contribution is -0.0653. The van der Waals surface area contributed by atoms with E-state index in [1.54, 1.807) is 0 Å². The van der Waals surface area contributed by atoms with Crippen molar-refractivity contribution < 1.29 is 4.74 Å². The standard InChI is InChI=1S/C20H36O/c1-8-19(11-9-10-12-19)21-15-13-20(15)17(5,6)18(20,7)14-16(2,3)4/h15H,8-14H2,1-7H3. The lowest BCUT2D eigenvalue weighted by atomic mass is 9.79. The molecular formula is C20H36O. The van der Waals surface area contributed by atoms with Crippen LogP contribution >= 0.6 is 0 Å². The summed E-state index contributed by atoms with van der Waals surface area (Å²) in [6.07, 6.45) is 9.72. The van der Waals surface area contributed by atoms with Gasteiger partial charge in [-0.1, -0.05) is 61.3 Å². The number of ether oxygens (including phenoxy) is 1. The second-order valence-electron chi connectivity index (χ2n) is 10.2. The van der Waals surface area contributed by atoms with Crippen molar-refractivity contribution in [2.75, 3.05) is 0 Å². The van der Waals surface area contributed by atoms with E-state index in [1.165, 1.54) is 44.9 Å². The highest BCUT2D eigenvalue weighted by atomic mass is 16.5. The van der Waals surface area contributed by atoms with Gasteiger partial charge in [-0.05, 0) is 48.3 Å². The predicted octanol–water partition coefficient (Wildman–Crippen LogP) is 5.97. The molecule has 3 aliphatic carbocycles. The average Bonchev–Trinajstić information content (AvgIpc) is 3.00. The van der Waals surface area contributed by atoms with Gasteiger partial charge >= 0.3 is 0 Å². The third-order valence-electron chi connectivity index (χ3n) is 7.75. The highest BCUT2D eigenvalue weighted by Gasteiger charge is 2.90. The van der Waals surface area contributed by atoms with Gasteiger partial charge in [-0.25, -0.2) is 0 Å². The summed E-state index contributed by atoms with van der Waals surface area (Å²) < 4.78 is 6.78. The van der Waals surface area contributed by atoms with Gasteiger partial charge in [0.15, 0.2) is 0 Å². The van der Waals surface area contributed by atoms with Crippen molar-refractivity contribution in [3.05, 3.63) is 0 Å². The van der Waals surface area contributed by atoms with Crippen molar-refractivity contribution in [3.8, 4) is 0 Å². The molecule has 3 rings (SSSR count). The summed E-state index contributed by atoms with van der Waals surface area (Å²) >= 11 is 0. The summed E-state index contributed by atoms with van der Waals surface area (Å²) in [5.41, 5.74) is 2.05. The highest BCUT2D eigenvalue weighted by Crippen LogP contribution is 2.92. The van der Waals surface area contributed by atoms with Crippen LogP contribution in [0.2, 0.25) is 0 Å². The Bertz CT molecular complexity index is 424. The van der Waals surface area contributed by atoms with Crippen molar-refractivity contribution >= 4 is 0 Å². The Kier molecular flexibility index (Phi) is 3.23. The molecule has 122 valence electrons. The Morgan fingerprint density at radius 2 is 1.62 bits per heavy atom. The molecule has 1 nitrogen and oxygen atoms in total. The van der Waals surface area contributed by atoms with Crippen LogP contribution in [0, 0.1) is 21.7 Å². The molecule has 0 aromatic carbocycles. The van der Waals surface area contributed by atoms with Crippen LogP contribution in [0.5, 0.6) is 0 Å². The molecule has 0 amide bonds. The lowest BCUT2D eigenvalue weighted by Gasteiger charge is -2.29. The van der Waals surface area contributed by atoms with E-state index in [0.29, 0.717) is 27.8 Å². The van der Waals surface area contributed by atoms with Crippen molar-refractivity contribution in [2.45, 2.75) is 105 Å². The first-order valence-corrected chi connectivity index (χ1v) is 9.22. The molecule has 0 aliphatic heterocycles. The number of rotatable bonds is 4. The Labute approximate surface area is 132 Å². The fourth-order valence-electron chi connectivity index (χ4n) is 6.26. The summed E-state index contributed by atoms with van der Waals surface area (Å²) in [6, 6.07) is 0. The average molecular weight is 293 g/mol. The summed E-state index contributed by atoms with van der Waals surface area (Å²) in [6.45, 7) is 17.0. The van der Waals surface area contributed by atoms with Gasteiger partial charge < -0.3 is 4.74 Å². The zero-order chi connectivity index (χ0) is 15.7. The Morgan fingerprint density at radius 1 is 1.05 bits per heavy atom. The maximum atomic E-state index is 6.78. The summed E-state index contributed by atoms with van der Waals surface area (Å²) in [7, 11) is 0. The van der Waals surface area contributed by atoms with Gasteiger partial charge in [0, 0.05) is 5.41 Å². The van der Waals surface area contributed by atoms with Crippen LogP contribution in [0.1, 0.15) is 93.4 Å². The maximum absolute atomic E-state index is 6.78. The van der Waals surface area contributed by atoms with E-state index >= 15 is 0 Å². The fraction of sp³-hybridized carbons (Fsp3) is 1.00. The van der Waals surface area contributed by atoms with Crippen molar-refractivity contribution in [1.29, 1.82) is 0 Å². The van der Waals surface area contributed by atoms with Crippen LogP contribution in [0.25, 0.3) is 0 Å². The minimum absolute atomic E-state index is 0.232. The molecule has 0 radical (unpaired) electrons. The third-order valence-corrected chi connectivity index (χ3v) is 7.75. The Balaban J connectivity index is 1.73. The molecule has 0 N–H and O–H groups in total. The Morgan fingerprint density at radius 3 is 2.10 bits per heavy atom. The van der Waals surface area contributed by atoms with Crippen molar-refractivity contribution in [3.63, 3.8) is 0 Å². The third kappa shape index (κ3) is 1.98. The van der Waals surface area contributed by atoms with Gasteiger partial charge in [-0.15, -0.1) is 0 Å². The molecule has 1 heteroatoms. The first-order chi connectivity index (χ1) is 9.54. The van der Waals surface area contributed by atoms with Crippen molar-refractivity contribution in [1.82, 2.24) is 0 Å². The monoisotopic (exact) mass is 292 g/mol. The summed E-state index contributed by atoms with van der Waals surface area (Å²) in [5, 5.41) is 0. The lowest BCUT2D eigenvalue weighted by Crippen LogP contribution is -2.30. The van der Waals surface area contributed by atoms with Gasteiger partial charge in [-0.2, -0.15) is 0 Å². The second kappa shape index (κ2) is 4.28. The largest absolute Gasteiger partial charge is 0.371 e. The van der Waals surface area contributed by atoms with Crippen LogP contribution in [0.15, 0.2) is 0 Å². The summed E-state index contributed by atoms with van der Waals surface area (Å²) in [4.78, 5) is 0. The minimum atomic E-state index is 0.232. The van der Waals surface area contributed by atoms with Gasteiger partial charge in [0.2, 0.25) is 0 Å². The molecule has 3 atom stereocenters. The fourth-order valence-corrected chi connectivity index (χ4v) is 6.26. The van der Waals surface area contributed by atoms with E-state index in [1.807, 2.05) is 0 Å². The molecule has 21 heavy (non-hydrogen) atoms. The number of hydrogen-bond acceptors (Lipinski definition) is 1. The summed E-state index contributed by atoms with van der Waals surface area (Å²) in [5.74, 6) is 0. The second-order valence-corrected chi connectivity index (χ2v) is 10.2. The van der Waals surface area contributed by atoms with E-state index in [0.717, 1.165) is 0 Å². The molecule has 3 unspecified atom stereocenters. The smallest absolute Gasteiger partial charge is 0.0684 e. The molecule has 0 heterocycles. The molecule has 0 aromatic heterocycles. The van der Waals surface area contributed by atoms with Gasteiger partial charge in [-0.3, -0.25) is 0 Å². The van der Waals surface area contributed by atoms with Crippen LogP contribution in [-0.2, 0) is 4.74 Å². The molecule has 3 aliphatic rings. The van der Waals surface area contributed by atoms with Crippen LogP contribution < -0.4 is 0 Å². The zero-order valence-electron chi connectivity index (χ0n) is 15.4. The Hall–Kier alpha value is -0.0400. The van der Waals surface area contributed by atoms with Gasteiger partial charge in [0.1, 0.15) is 0 Å².